The van der Waals surface area contributed by atoms with Gasteiger partial charge in [-0.05, 0) is 34.8 Å². The average molecular weight is 329 g/mol. The lowest BCUT2D eigenvalue weighted by Crippen LogP contribution is -2.09. The number of nitrogens with zero attached hydrogens (tertiary/aromatic N) is 1. The van der Waals surface area contributed by atoms with Gasteiger partial charge in [0.1, 0.15) is 12.1 Å². The van der Waals surface area contributed by atoms with Crippen LogP contribution >= 0.6 is 27.5 Å². The molecule has 0 unspecified atom stereocenters. The molecule has 0 spiro atoms. The summed E-state index contributed by atoms with van der Waals surface area (Å²) in [6, 6.07) is 2.93. The summed E-state index contributed by atoms with van der Waals surface area (Å²) in [5.74, 6) is -0.379. The predicted molar refractivity (Wildman–Crippen MR) is 71.4 cm³/mol. The van der Waals surface area contributed by atoms with Gasteiger partial charge in [-0.3, -0.25) is 4.98 Å². The third-order valence-electron chi connectivity index (χ3n) is 3.39. The van der Waals surface area contributed by atoms with E-state index in [2.05, 4.69) is 20.9 Å². The molecular formula is C13H8BrClFNO. The molecule has 2 nitrogen and oxygen atoms in total. The monoisotopic (exact) mass is 327 g/mol. The standard InChI is InChI=1S/C13H8BrClFNO/c14-9-3-7-11(4-10(9)16)17-5-8(12(7)15)13(6-18)1-2-13/h3-6H,1-2H2. The van der Waals surface area contributed by atoms with Crippen LogP contribution in [-0.2, 0) is 10.2 Å². The molecule has 0 atom stereocenters. The Labute approximate surface area is 116 Å². The highest BCUT2D eigenvalue weighted by Gasteiger charge is 2.46. The zero-order valence-corrected chi connectivity index (χ0v) is 11.6. The molecule has 0 amide bonds. The number of halogens is 3. The van der Waals surface area contributed by atoms with E-state index in [1.807, 2.05) is 0 Å². The first-order valence-electron chi connectivity index (χ1n) is 5.47. The van der Waals surface area contributed by atoms with Crippen LogP contribution in [0.2, 0.25) is 5.02 Å². The smallest absolute Gasteiger partial charge is 0.139 e. The van der Waals surface area contributed by atoms with E-state index in [1.165, 1.54) is 6.07 Å². The van der Waals surface area contributed by atoms with Crippen LogP contribution < -0.4 is 0 Å². The first-order valence-corrected chi connectivity index (χ1v) is 6.64. The van der Waals surface area contributed by atoms with Gasteiger partial charge in [0, 0.05) is 23.2 Å². The van der Waals surface area contributed by atoms with Crippen LogP contribution in [-0.4, -0.2) is 11.3 Å². The van der Waals surface area contributed by atoms with Crippen molar-refractivity contribution in [2.24, 2.45) is 0 Å². The topological polar surface area (TPSA) is 30.0 Å². The number of aldehydes is 1. The van der Waals surface area contributed by atoms with Gasteiger partial charge in [0.25, 0.3) is 0 Å². The molecular weight excluding hydrogens is 321 g/mol. The fourth-order valence-electron chi connectivity index (χ4n) is 2.09. The second kappa shape index (κ2) is 4.00. The predicted octanol–water partition coefficient (Wildman–Crippen LogP) is 4.02. The number of rotatable bonds is 2. The molecule has 1 heterocycles. The van der Waals surface area contributed by atoms with Crippen LogP contribution in [0.15, 0.2) is 22.8 Å². The van der Waals surface area contributed by atoms with Crippen molar-refractivity contribution in [1.82, 2.24) is 4.98 Å². The van der Waals surface area contributed by atoms with E-state index in [0.29, 0.717) is 20.4 Å². The van der Waals surface area contributed by atoms with Crippen molar-refractivity contribution in [3.8, 4) is 0 Å². The van der Waals surface area contributed by atoms with Crippen molar-refractivity contribution in [3.63, 3.8) is 0 Å². The minimum Gasteiger partial charge on any atom is -0.302 e. The summed E-state index contributed by atoms with van der Waals surface area (Å²) in [6.07, 6.45) is 4.11. The number of hydrogen-bond acceptors (Lipinski definition) is 2. The molecule has 5 heteroatoms. The van der Waals surface area contributed by atoms with Gasteiger partial charge in [-0.1, -0.05) is 11.6 Å². The number of benzene rings is 1. The molecule has 1 aromatic heterocycles. The van der Waals surface area contributed by atoms with E-state index in [9.17, 15) is 9.18 Å². The molecule has 92 valence electrons. The van der Waals surface area contributed by atoms with Gasteiger partial charge >= 0.3 is 0 Å². The summed E-state index contributed by atoms with van der Waals surface area (Å²) in [5, 5.41) is 1.15. The van der Waals surface area contributed by atoms with Gasteiger partial charge in [0.15, 0.2) is 0 Å². The summed E-state index contributed by atoms with van der Waals surface area (Å²) < 4.78 is 13.7. The summed E-state index contributed by atoms with van der Waals surface area (Å²) in [4.78, 5) is 15.3. The molecule has 0 saturated heterocycles. The molecule has 1 fully saturated rings. The summed E-state index contributed by atoms with van der Waals surface area (Å²) in [5.41, 5.74) is 0.760. The Hall–Kier alpha value is -1.00. The van der Waals surface area contributed by atoms with Crippen molar-refractivity contribution >= 4 is 44.7 Å². The van der Waals surface area contributed by atoms with E-state index in [4.69, 9.17) is 11.6 Å². The Morgan fingerprint density at radius 3 is 2.78 bits per heavy atom. The zero-order valence-electron chi connectivity index (χ0n) is 9.21. The summed E-state index contributed by atoms with van der Waals surface area (Å²) in [6.45, 7) is 0. The number of carbonyl (C=O) groups excluding carboxylic acids is 1. The van der Waals surface area contributed by atoms with E-state index >= 15 is 0 Å². The van der Waals surface area contributed by atoms with Gasteiger partial charge in [-0.15, -0.1) is 0 Å². The molecule has 0 bridgehead atoms. The van der Waals surface area contributed by atoms with E-state index in [1.54, 1.807) is 12.3 Å². The van der Waals surface area contributed by atoms with Crippen molar-refractivity contribution in [2.75, 3.05) is 0 Å². The second-order valence-corrected chi connectivity index (χ2v) is 5.78. The van der Waals surface area contributed by atoms with Gasteiger partial charge in [-0.2, -0.15) is 0 Å². The molecule has 2 aromatic rings. The normalized spacial score (nSPS) is 16.8. The van der Waals surface area contributed by atoms with Gasteiger partial charge in [0.05, 0.1) is 20.4 Å². The lowest BCUT2D eigenvalue weighted by atomic mass is 9.98. The van der Waals surface area contributed by atoms with Gasteiger partial charge < -0.3 is 4.79 Å². The number of carbonyl (C=O) groups is 1. The summed E-state index contributed by atoms with van der Waals surface area (Å²) >= 11 is 9.45. The fourth-order valence-corrected chi connectivity index (χ4v) is 2.82. The van der Waals surface area contributed by atoms with Crippen molar-refractivity contribution in [1.29, 1.82) is 0 Å². The van der Waals surface area contributed by atoms with Crippen molar-refractivity contribution in [2.45, 2.75) is 18.3 Å². The van der Waals surface area contributed by atoms with Crippen molar-refractivity contribution < 1.29 is 9.18 Å². The molecule has 1 aromatic carbocycles. The molecule has 0 aliphatic heterocycles. The van der Waals surface area contributed by atoms with Crippen LogP contribution in [0.4, 0.5) is 4.39 Å². The molecule has 1 saturated carbocycles. The Morgan fingerprint density at radius 2 is 2.17 bits per heavy atom. The minimum atomic E-state index is -0.473. The van der Waals surface area contributed by atoms with E-state index < -0.39 is 5.41 Å². The maximum Gasteiger partial charge on any atom is 0.139 e. The van der Waals surface area contributed by atoms with Crippen LogP contribution in [0.1, 0.15) is 18.4 Å². The first kappa shape index (κ1) is 12.1. The number of pyridine rings is 1. The third kappa shape index (κ3) is 1.67. The Bertz CT molecular complexity index is 670. The van der Waals surface area contributed by atoms with E-state index in [0.717, 1.165) is 24.7 Å². The molecule has 1 aliphatic rings. The largest absolute Gasteiger partial charge is 0.302 e. The Morgan fingerprint density at radius 1 is 1.44 bits per heavy atom. The molecule has 18 heavy (non-hydrogen) atoms. The van der Waals surface area contributed by atoms with E-state index in [-0.39, 0.29) is 5.82 Å². The lowest BCUT2D eigenvalue weighted by molar-refractivity contribution is -0.109. The van der Waals surface area contributed by atoms with Crippen LogP contribution in [0.5, 0.6) is 0 Å². The SMILES string of the molecule is O=CC1(c2cnc3cc(F)c(Br)cc3c2Cl)CC1. The number of aromatic nitrogens is 1. The highest BCUT2D eigenvalue weighted by molar-refractivity contribution is 9.10. The minimum absolute atomic E-state index is 0.340. The number of fused-ring (bicyclic) bond motifs is 1. The van der Waals surface area contributed by atoms with Crippen LogP contribution in [0.3, 0.4) is 0 Å². The maximum absolute atomic E-state index is 13.4. The number of hydrogen-bond donors (Lipinski definition) is 0. The average Bonchev–Trinajstić information content (AvgIpc) is 3.13. The van der Waals surface area contributed by atoms with Crippen molar-refractivity contribution in [3.05, 3.63) is 39.2 Å². The highest BCUT2D eigenvalue weighted by Crippen LogP contribution is 2.49. The Kier molecular flexibility index (Phi) is 2.68. The van der Waals surface area contributed by atoms with Crippen LogP contribution in [0, 0.1) is 5.82 Å². The first-order chi connectivity index (χ1) is 8.57. The summed E-state index contributed by atoms with van der Waals surface area (Å²) in [7, 11) is 0. The quantitative estimate of drug-likeness (QED) is 0.779. The fraction of sp³-hybridized carbons (Fsp3) is 0.231. The molecule has 0 radical (unpaired) electrons. The molecule has 1 aliphatic carbocycles. The highest BCUT2D eigenvalue weighted by atomic mass is 79.9. The molecule has 0 N–H and O–H groups in total. The Balaban J connectivity index is 2.29. The lowest BCUT2D eigenvalue weighted by Gasteiger charge is -2.12. The van der Waals surface area contributed by atoms with Gasteiger partial charge in [-0.25, -0.2) is 4.39 Å². The third-order valence-corrected chi connectivity index (χ3v) is 4.41. The zero-order chi connectivity index (χ0) is 12.9. The maximum atomic E-state index is 13.4. The van der Waals surface area contributed by atoms with Crippen LogP contribution in [0.25, 0.3) is 10.9 Å². The van der Waals surface area contributed by atoms with Gasteiger partial charge in [0.2, 0.25) is 0 Å². The second-order valence-electron chi connectivity index (χ2n) is 4.54. The molecule has 3 rings (SSSR count).